The zero-order chi connectivity index (χ0) is 19.1. The smallest absolute Gasteiger partial charge is 0.326 e. The van der Waals surface area contributed by atoms with Crippen molar-refractivity contribution in [3.8, 4) is 11.5 Å². The van der Waals surface area contributed by atoms with Crippen LogP contribution >= 0.6 is 0 Å². The molecule has 0 saturated carbocycles. The highest BCUT2D eigenvalue weighted by molar-refractivity contribution is 6.00. The maximum Gasteiger partial charge on any atom is 0.326 e. The van der Waals surface area contributed by atoms with Crippen molar-refractivity contribution in [2.24, 2.45) is 5.92 Å². The van der Waals surface area contributed by atoms with E-state index in [1.807, 2.05) is 13.8 Å². The van der Waals surface area contributed by atoms with Crippen LogP contribution in [0.5, 0.6) is 11.5 Å². The van der Waals surface area contributed by atoms with Crippen molar-refractivity contribution in [2.75, 3.05) is 19.5 Å². The molecule has 0 saturated heterocycles. The number of carboxylic acids is 1. The average Bonchev–Trinajstić information content (AvgIpc) is 2.52. The number of rotatable bonds is 8. The molecule has 1 atom stereocenters. The summed E-state index contributed by atoms with van der Waals surface area (Å²) < 4.78 is 10.4. The van der Waals surface area contributed by atoms with E-state index >= 15 is 0 Å². The second-order valence-electron chi connectivity index (χ2n) is 5.93. The Balaban J connectivity index is 3.19. The van der Waals surface area contributed by atoms with Gasteiger partial charge in [-0.15, -0.1) is 0 Å². The molecule has 0 spiro atoms. The number of anilines is 1. The van der Waals surface area contributed by atoms with Gasteiger partial charge in [0, 0.05) is 12.5 Å². The monoisotopic (exact) mass is 352 g/mol. The van der Waals surface area contributed by atoms with Gasteiger partial charge in [-0.1, -0.05) is 13.8 Å². The van der Waals surface area contributed by atoms with Crippen LogP contribution in [0.25, 0.3) is 0 Å². The van der Waals surface area contributed by atoms with Gasteiger partial charge >= 0.3 is 5.97 Å². The zero-order valence-electron chi connectivity index (χ0n) is 15.0. The van der Waals surface area contributed by atoms with Crippen molar-refractivity contribution in [3.05, 3.63) is 17.7 Å². The number of carboxylic acid groups (broad SMARTS) is 1. The van der Waals surface area contributed by atoms with E-state index in [0.29, 0.717) is 6.42 Å². The Morgan fingerprint density at radius 3 is 2.24 bits per heavy atom. The van der Waals surface area contributed by atoms with Gasteiger partial charge in [-0.05, 0) is 24.5 Å². The molecule has 0 fully saturated rings. The number of carbonyl (C=O) groups is 3. The first-order valence-corrected chi connectivity index (χ1v) is 7.76. The first kappa shape index (κ1) is 20.3. The topological polar surface area (TPSA) is 114 Å². The fourth-order valence-electron chi connectivity index (χ4n) is 2.31. The molecule has 0 aliphatic carbocycles. The van der Waals surface area contributed by atoms with E-state index in [-0.39, 0.29) is 34.6 Å². The summed E-state index contributed by atoms with van der Waals surface area (Å²) in [6, 6.07) is 1.82. The van der Waals surface area contributed by atoms with Crippen molar-refractivity contribution >= 4 is 23.5 Å². The SMILES string of the molecule is COc1cc(C(=O)N[C@H](CC(C)C)C(=O)O)cc(NC(C)=O)c1OC. The summed E-state index contributed by atoms with van der Waals surface area (Å²) in [6.07, 6.45) is 0.299. The minimum absolute atomic E-state index is 0.0988. The second-order valence-corrected chi connectivity index (χ2v) is 5.93. The number of hydrogen-bond acceptors (Lipinski definition) is 5. The minimum atomic E-state index is -1.11. The van der Waals surface area contributed by atoms with Gasteiger partial charge in [0.05, 0.1) is 19.9 Å². The highest BCUT2D eigenvalue weighted by Gasteiger charge is 2.23. The van der Waals surface area contributed by atoms with Crippen molar-refractivity contribution in [1.82, 2.24) is 5.32 Å². The fraction of sp³-hybridized carbons (Fsp3) is 0.471. The molecule has 0 aromatic heterocycles. The predicted molar refractivity (Wildman–Crippen MR) is 92.2 cm³/mol. The van der Waals surface area contributed by atoms with Gasteiger partial charge in [-0.3, -0.25) is 9.59 Å². The molecule has 1 rings (SSSR count). The van der Waals surface area contributed by atoms with E-state index in [1.54, 1.807) is 0 Å². The Hall–Kier alpha value is -2.77. The van der Waals surface area contributed by atoms with Crippen molar-refractivity contribution in [1.29, 1.82) is 0 Å². The van der Waals surface area contributed by atoms with E-state index in [0.717, 1.165) is 0 Å². The van der Waals surface area contributed by atoms with Gasteiger partial charge in [-0.25, -0.2) is 4.79 Å². The van der Waals surface area contributed by atoms with Crippen molar-refractivity contribution < 1.29 is 29.0 Å². The van der Waals surface area contributed by atoms with Crippen LogP contribution in [0, 0.1) is 5.92 Å². The first-order chi connectivity index (χ1) is 11.7. The average molecular weight is 352 g/mol. The standard InChI is InChI=1S/C17H24N2O6/c1-9(2)6-13(17(22)23)19-16(21)11-7-12(18-10(3)20)15(25-5)14(8-11)24-4/h7-9,13H,6H2,1-5H3,(H,18,20)(H,19,21)(H,22,23)/t13-/m1/s1. The van der Waals surface area contributed by atoms with Crippen molar-refractivity contribution in [3.63, 3.8) is 0 Å². The number of amides is 2. The summed E-state index contributed by atoms with van der Waals surface area (Å²) in [7, 11) is 2.81. The third kappa shape index (κ3) is 5.66. The Labute approximate surface area is 146 Å². The normalized spacial score (nSPS) is 11.6. The lowest BCUT2D eigenvalue weighted by Crippen LogP contribution is -2.41. The molecule has 0 aliphatic heterocycles. The number of carbonyl (C=O) groups excluding carboxylic acids is 2. The summed E-state index contributed by atoms with van der Waals surface area (Å²) in [6.45, 7) is 5.06. The molecule has 3 N–H and O–H groups in total. The third-order valence-electron chi connectivity index (χ3n) is 3.36. The van der Waals surface area contributed by atoms with Crippen LogP contribution in [0.4, 0.5) is 5.69 Å². The summed E-state index contributed by atoms with van der Waals surface area (Å²) in [5.74, 6) is -1.42. The Bertz CT molecular complexity index is 657. The molecule has 0 aliphatic rings. The fourth-order valence-corrected chi connectivity index (χ4v) is 2.31. The van der Waals surface area contributed by atoms with Gasteiger partial charge in [0.2, 0.25) is 5.91 Å². The molecule has 25 heavy (non-hydrogen) atoms. The van der Waals surface area contributed by atoms with E-state index in [2.05, 4.69) is 10.6 Å². The van der Waals surface area contributed by atoms with Crippen LogP contribution in [0.3, 0.4) is 0 Å². The van der Waals surface area contributed by atoms with Crippen LogP contribution in [-0.2, 0) is 9.59 Å². The molecule has 0 heterocycles. The first-order valence-electron chi connectivity index (χ1n) is 7.76. The molecule has 1 aromatic rings. The highest BCUT2D eigenvalue weighted by Crippen LogP contribution is 2.36. The quantitative estimate of drug-likeness (QED) is 0.658. The minimum Gasteiger partial charge on any atom is -0.493 e. The predicted octanol–water partition coefficient (Wildman–Crippen LogP) is 1.89. The number of methoxy groups -OCH3 is 2. The maximum atomic E-state index is 12.5. The van der Waals surface area contributed by atoms with E-state index in [9.17, 15) is 19.5 Å². The highest BCUT2D eigenvalue weighted by atomic mass is 16.5. The van der Waals surface area contributed by atoms with Gasteiger partial charge in [-0.2, -0.15) is 0 Å². The zero-order valence-corrected chi connectivity index (χ0v) is 15.0. The third-order valence-corrected chi connectivity index (χ3v) is 3.36. The van der Waals surface area contributed by atoms with Crippen LogP contribution in [0.1, 0.15) is 37.6 Å². The Morgan fingerprint density at radius 1 is 1.16 bits per heavy atom. The van der Waals surface area contributed by atoms with Crippen LogP contribution in [-0.4, -0.2) is 43.2 Å². The maximum absolute atomic E-state index is 12.5. The molecule has 2 amide bonds. The molecular weight excluding hydrogens is 328 g/mol. The molecule has 1 aromatic carbocycles. The number of hydrogen-bond donors (Lipinski definition) is 3. The second kappa shape index (κ2) is 8.91. The van der Waals surface area contributed by atoms with E-state index in [1.165, 1.54) is 33.3 Å². The molecule has 0 radical (unpaired) electrons. The van der Waals surface area contributed by atoms with Crippen molar-refractivity contribution in [2.45, 2.75) is 33.2 Å². The number of ether oxygens (including phenoxy) is 2. The number of nitrogens with one attached hydrogen (secondary N) is 2. The van der Waals surface area contributed by atoms with E-state index in [4.69, 9.17) is 9.47 Å². The molecule has 8 heteroatoms. The van der Waals surface area contributed by atoms with Gasteiger partial charge in [0.15, 0.2) is 11.5 Å². The lowest BCUT2D eigenvalue weighted by molar-refractivity contribution is -0.139. The summed E-state index contributed by atoms with van der Waals surface area (Å²) in [5, 5.41) is 14.3. The molecule has 0 unspecified atom stereocenters. The van der Waals surface area contributed by atoms with Crippen LogP contribution in [0.2, 0.25) is 0 Å². The molecular formula is C17H24N2O6. The molecule has 8 nitrogen and oxygen atoms in total. The van der Waals surface area contributed by atoms with E-state index < -0.39 is 17.9 Å². The summed E-state index contributed by atoms with van der Waals surface area (Å²) >= 11 is 0. The Morgan fingerprint density at radius 2 is 1.80 bits per heavy atom. The lowest BCUT2D eigenvalue weighted by atomic mass is 10.0. The lowest BCUT2D eigenvalue weighted by Gasteiger charge is -2.18. The number of aliphatic carboxylic acids is 1. The van der Waals surface area contributed by atoms with Gasteiger partial charge in [0.25, 0.3) is 5.91 Å². The Kier molecular flexibility index (Phi) is 7.22. The van der Waals surface area contributed by atoms with Gasteiger partial charge in [0.1, 0.15) is 6.04 Å². The summed E-state index contributed by atoms with van der Waals surface area (Å²) in [5.41, 5.74) is 0.409. The van der Waals surface area contributed by atoms with Gasteiger partial charge < -0.3 is 25.2 Å². The molecule has 0 bridgehead atoms. The molecule has 138 valence electrons. The van der Waals surface area contributed by atoms with Crippen LogP contribution < -0.4 is 20.1 Å². The number of benzene rings is 1. The van der Waals surface area contributed by atoms with Crippen LogP contribution in [0.15, 0.2) is 12.1 Å². The summed E-state index contributed by atoms with van der Waals surface area (Å²) in [4.78, 5) is 35.1. The largest absolute Gasteiger partial charge is 0.493 e.